The second-order valence-electron chi connectivity index (χ2n) is 12.0. The molecule has 0 saturated heterocycles. The van der Waals surface area contributed by atoms with Gasteiger partial charge in [0.05, 0.1) is 27.9 Å². The van der Waals surface area contributed by atoms with Gasteiger partial charge in [0.1, 0.15) is 11.2 Å². The molecule has 4 heteroatoms. The third-order valence-corrected chi connectivity index (χ3v) is 9.07. The fraction of sp³-hybridized carbons (Fsp3) is 0.0227. The Morgan fingerprint density at radius 1 is 0.521 bits per heavy atom. The van der Waals surface area contributed by atoms with E-state index in [1.165, 1.54) is 5.39 Å². The van der Waals surface area contributed by atoms with Crippen LogP contribution in [0.5, 0.6) is 0 Å². The molecule has 9 aromatic rings. The van der Waals surface area contributed by atoms with Crippen molar-refractivity contribution in [1.29, 1.82) is 0 Å². The normalized spacial score (nSPS) is 12.1. The van der Waals surface area contributed by atoms with E-state index in [1.54, 1.807) is 0 Å². The van der Waals surface area contributed by atoms with Gasteiger partial charge in [0.15, 0.2) is 0 Å². The van der Waals surface area contributed by atoms with E-state index >= 15 is 0 Å². The van der Waals surface area contributed by atoms with Gasteiger partial charge in [-0.1, -0.05) is 115 Å². The highest BCUT2D eigenvalue weighted by Crippen LogP contribution is 2.40. The number of hydrogen-bond donors (Lipinski definition) is 0. The number of aromatic nitrogens is 4. The molecule has 48 heavy (non-hydrogen) atoms. The van der Waals surface area contributed by atoms with Gasteiger partial charge >= 0.3 is 0 Å². The molecular weight excluding hydrogens is 585 g/mol. The summed E-state index contributed by atoms with van der Waals surface area (Å²) in [5.74, 6) is 0. The minimum atomic E-state index is 0.900. The number of hydrogen-bond acceptors (Lipinski definition) is 3. The van der Waals surface area contributed by atoms with E-state index in [4.69, 9.17) is 15.0 Å². The molecule has 0 aliphatic rings. The second-order valence-corrected chi connectivity index (χ2v) is 12.0. The van der Waals surface area contributed by atoms with Crippen molar-refractivity contribution in [1.82, 2.24) is 19.4 Å². The van der Waals surface area contributed by atoms with E-state index in [-0.39, 0.29) is 0 Å². The first-order valence-corrected chi connectivity index (χ1v) is 16.2. The predicted molar refractivity (Wildman–Crippen MR) is 201 cm³/mol. The van der Waals surface area contributed by atoms with Gasteiger partial charge in [-0.2, -0.15) is 0 Å². The first-order chi connectivity index (χ1) is 23.8. The van der Waals surface area contributed by atoms with Crippen LogP contribution in [0.2, 0.25) is 0 Å². The molecule has 0 N–H and O–H groups in total. The summed E-state index contributed by atoms with van der Waals surface area (Å²) in [5, 5.41) is 4.48. The van der Waals surface area contributed by atoms with Gasteiger partial charge in [0.2, 0.25) is 0 Å². The Morgan fingerprint density at radius 3 is 2.02 bits per heavy atom. The van der Waals surface area contributed by atoms with Crippen LogP contribution in [0.1, 0.15) is 12.5 Å². The summed E-state index contributed by atoms with van der Waals surface area (Å²) in [4.78, 5) is 15.6. The number of imidazole rings is 1. The van der Waals surface area contributed by atoms with Crippen LogP contribution in [0.25, 0.3) is 89.0 Å². The van der Waals surface area contributed by atoms with Crippen molar-refractivity contribution in [2.24, 2.45) is 0 Å². The minimum Gasteiger partial charge on any atom is -0.298 e. The zero-order valence-electron chi connectivity index (χ0n) is 26.4. The van der Waals surface area contributed by atoms with Gasteiger partial charge < -0.3 is 0 Å². The van der Waals surface area contributed by atoms with Crippen LogP contribution in [-0.4, -0.2) is 19.4 Å². The van der Waals surface area contributed by atoms with Crippen molar-refractivity contribution in [3.05, 3.63) is 163 Å². The molecule has 0 atom stereocenters. The molecular formula is C44H30N4. The average molecular weight is 615 g/mol. The van der Waals surface area contributed by atoms with E-state index in [0.29, 0.717) is 0 Å². The van der Waals surface area contributed by atoms with Crippen molar-refractivity contribution >= 4 is 55.3 Å². The largest absolute Gasteiger partial charge is 0.298 e. The number of para-hydroxylation sites is 1. The summed E-state index contributed by atoms with van der Waals surface area (Å²) in [6.07, 6.45) is 10.5. The highest BCUT2D eigenvalue weighted by Gasteiger charge is 2.19. The monoisotopic (exact) mass is 614 g/mol. The lowest BCUT2D eigenvalue weighted by molar-refractivity contribution is 1.22. The maximum atomic E-state index is 5.25. The summed E-state index contributed by atoms with van der Waals surface area (Å²) in [6.45, 7) is 2.04. The molecule has 0 aliphatic carbocycles. The summed E-state index contributed by atoms with van der Waals surface area (Å²) < 4.78 is 2.15. The first-order valence-electron chi connectivity index (χ1n) is 16.2. The average Bonchev–Trinajstić information content (AvgIpc) is 3.55. The molecule has 0 spiro atoms. The molecule has 0 bridgehead atoms. The summed E-state index contributed by atoms with van der Waals surface area (Å²) in [6, 6.07) is 46.6. The van der Waals surface area contributed by atoms with Gasteiger partial charge in [0, 0.05) is 38.9 Å². The van der Waals surface area contributed by atoms with Crippen LogP contribution in [0, 0.1) is 0 Å². The standard InChI is InChI=1S/C44H30N4/c1-2-3-6-19-32-26-33(28-36-40(32)34-20-11-12-21-37(34)45-41(36)29-15-7-4-8-16-29)31-23-24-38-35(27-31)43-44(48-25-14-13-22-39(48)47-43)42(46-38)30-17-9-5-10-18-30/h2-28H,1H3/b3-2-,19-6-. The Kier molecular flexibility index (Phi) is 6.65. The summed E-state index contributed by atoms with van der Waals surface area (Å²) in [7, 11) is 0. The fourth-order valence-corrected chi connectivity index (χ4v) is 6.88. The Morgan fingerprint density at radius 2 is 1.21 bits per heavy atom. The van der Waals surface area contributed by atoms with Gasteiger partial charge in [-0.25, -0.2) is 15.0 Å². The highest BCUT2D eigenvalue weighted by molar-refractivity contribution is 6.16. The van der Waals surface area contributed by atoms with Crippen LogP contribution >= 0.6 is 0 Å². The minimum absolute atomic E-state index is 0.900. The molecule has 0 unspecified atom stereocenters. The number of fused-ring (bicyclic) bond motifs is 8. The molecule has 4 aromatic heterocycles. The molecule has 4 nitrogen and oxygen atoms in total. The smallest absolute Gasteiger partial charge is 0.137 e. The van der Waals surface area contributed by atoms with E-state index < -0.39 is 0 Å². The molecule has 5 aromatic carbocycles. The van der Waals surface area contributed by atoms with Crippen LogP contribution in [0.3, 0.4) is 0 Å². The molecule has 0 saturated carbocycles. The zero-order valence-corrected chi connectivity index (χ0v) is 26.4. The Labute approximate surface area is 278 Å². The van der Waals surface area contributed by atoms with Crippen LogP contribution < -0.4 is 0 Å². The van der Waals surface area contributed by atoms with Gasteiger partial charge in [0.25, 0.3) is 0 Å². The maximum absolute atomic E-state index is 5.25. The van der Waals surface area contributed by atoms with Crippen molar-refractivity contribution in [3.8, 4) is 33.6 Å². The van der Waals surface area contributed by atoms with E-state index in [1.807, 2.05) is 25.1 Å². The van der Waals surface area contributed by atoms with Crippen LogP contribution in [-0.2, 0) is 0 Å². The van der Waals surface area contributed by atoms with Crippen molar-refractivity contribution in [2.45, 2.75) is 6.92 Å². The Balaban J connectivity index is 1.35. The van der Waals surface area contributed by atoms with Crippen molar-refractivity contribution in [3.63, 3.8) is 0 Å². The second kappa shape index (κ2) is 11.4. The van der Waals surface area contributed by atoms with Gasteiger partial charge in [-0.05, 0) is 66.1 Å². The summed E-state index contributed by atoms with van der Waals surface area (Å²) in [5.41, 5.74) is 12.2. The fourth-order valence-electron chi connectivity index (χ4n) is 6.88. The Bertz CT molecular complexity index is 2720. The van der Waals surface area contributed by atoms with E-state index in [0.717, 1.165) is 83.1 Å². The van der Waals surface area contributed by atoms with Crippen LogP contribution in [0.15, 0.2) is 158 Å². The lowest BCUT2D eigenvalue weighted by atomic mass is 9.91. The summed E-state index contributed by atoms with van der Waals surface area (Å²) >= 11 is 0. The molecule has 226 valence electrons. The maximum Gasteiger partial charge on any atom is 0.137 e. The third kappa shape index (κ3) is 4.57. The third-order valence-electron chi connectivity index (χ3n) is 9.07. The molecule has 4 heterocycles. The van der Waals surface area contributed by atoms with E-state index in [9.17, 15) is 0 Å². The molecule has 0 radical (unpaired) electrons. The number of rotatable bonds is 5. The van der Waals surface area contributed by atoms with Crippen molar-refractivity contribution < 1.29 is 0 Å². The lowest BCUT2D eigenvalue weighted by Crippen LogP contribution is -1.94. The SMILES string of the molecule is C/C=C\C=C/c1cc(-c2ccc3nc(-c4ccccc4)c4c(nc5ccccn54)c3c2)cc2c(-c3ccccc3)nc3ccccc3c12. The number of allylic oxidation sites excluding steroid dienone is 3. The Hall–Kier alpha value is -6.39. The highest BCUT2D eigenvalue weighted by atomic mass is 15.0. The number of nitrogens with zero attached hydrogens (tertiary/aromatic N) is 4. The van der Waals surface area contributed by atoms with Gasteiger partial charge in [-0.15, -0.1) is 0 Å². The molecule has 0 amide bonds. The lowest BCUT2D eigenvalue weighted by Gasteiger charge is -2.15. The molecule has 0 aliphatic heterocycles. The first kappa shape index (κ1) is 27.9. The van der Waals surface area contributed by atoms with E-state index in [2.05, 4.69) is 150 Å². The number of pyridine rings is 3. The topological polar surface area (TPSA) is 43.1 Å². The molecule has 0 fully saturated rings. The zero-order chi connectivity index (χ0) is 32.0. The molecule has 9 rings (SSSR count). The predicted octanol–water partition coefficient (Wildman–Crippen LogP) is 11.3. The number of benzene rings is 5. The van der Waals surface area contributed by atoms with Crippen molar-refractivity contribution in [2.75, 3.05) is 0 Å². The van der Waals surface area contributed by atoms with Gasteiger partial charge in [-0.3, -0.25) is 4.40 Å². The van der Waals surface area contributed by atoms with Crippen LogP contribution in [0.4, 0.5) is 0 Å². The quantitative estimate of drug-likeness (QED) is 0.143.